The van der Waals surface area contributed by atoms with Gasteiger partial charge in [0.1, 0.15) is 0 Å². The van der Waals surface area contributed by atoms with Crippen LogP contribution >= 0.6 is 0 Å². The summed E-state index contributed by atoms with van der Waals surface area (Å²) >= 11 is 0. The van der Waals surface area contributed by atoms with Gasteiger partial charge in [0.05, 0.1) is 6.04 Å². The molecule has 0 saturated heterocycles. The third kappa shape index (κ3) is 4.00. The van der Waals surface area contributed by atoms with Gasteiger partial charge in [-0.2, -0.15) is 0 Å². The summed E-state index contributed by atoms with van der Waals surface area (Å²) in [5.74, 6) is -1.15. The lowest BCUT2D eigenvalue weighted by Crippen LogP contribution is -2.48. The fourth-order valence-corrected chi connectivity index (χ4v) is 2.28. The average molecular weight is 242 g/mol. The van der Waals surface area contributed by atoms with Gasteiger partial charge >= 0.3 is 5.97 Å². The average Bonchev–Trinajstić information content (AvgIpc) is 2.54. The van der Waals surface area contributed by atoms with Crippen LogP contribution < -0.4 is 11.1 Å². The Bertz CT molecular complexity index is 302. The van der Waals surface area contributed by atoms with E-state index in [0.717, 1.165) is 19.3 Å². The maximum atomic E-state index is 11.8. The number of carbonyl (C=O) groups excluding carboxylic acids is 1. The summed E-state index contributed by atoms with van der Waals surface area (Å²) in [6.07, 6.45) is 3.31. The predicted molar refractivity (Wildman–Crippen MR) is 64.4 cm³/mol. The van der Waals surface area contributed by atoms with E-state index in [-0.39, 0.29) is 30.2 Å². The van der Waals surface area contributed by atoms with Gasteiger partial charge in [-0.1, -0.05) is 20.3 Å². The highest BCUT2D eigenvalue weighted by Gasteiger charge is 2.35. The van der Waals surface area contributed by atoms with Crippen molar-refractivity contribution in [3.63, 3.8) is 0 Å². The number of hydrogen-bond donors (Lipinski definition) is 3. The number of hydrogen-bond acceptors (Lipinski definition) is 3. The van der Waals surface area contributed by atoms with Crippen molar-refractivity contribution in [1.29, 1.82) is 0 Å². The zero-order chi connectivity index (χ0) is 13.1. The quantitative estimate of drug-likeness (QED) is 0.667. The van der Waals surface area contributed by atoms with E-state index in [1.54, 1.807) is 0 Å². The molecule has 5 nitrogen and oxygen atoms in total. The van der Waals surface area contributed by atoms with Gasteiger partial charge in [-0.15, -0.1) is 0 Å². The summed E-state index contributed by atoms with van der Waals surface area (Å²) in [5.41, 5.74) is 5.77. The number of rotatable bonds is 5. The molecule has 5 heteroatoms. The van der Waals surface area contributed by atoms with Crippen molar-refractivity contribution in [2.45, 2.75) is 58.0 Å². The first kappa shape index (κ1) is 14.0. The van der Waals surface area contributed by atoms with Gasteiger partial charge in [-0.05, 0) is 24.7 Å². The second-order valence-corrected chi connectivity index (χ2v) is 5.48. The Morgan fingerprint density at radius 3 is 2.65 bits per heavy atom. The summed E-state index contributed by atoms with van der Waals surface area (Å²) < 4.78 is 0. The van der Waals surface area contributed by atoms with Crippen molar-refractivity contribution in [3.05, 3.63) is 0 Å². The number of amides is 1. The molecule has 0 aromatic heterocycles. The van der Waals surface area contributed by atoms with Crippen LogP contribution in [0.1, 0.15) is 46.0 Å². The fourth-order valence-electron chi connectivity index (χ4n) is 2.28. The van der Waals surface area contributed by atoms with Crippen LogP contribution in [0.15, 0.2) is 0 Å². The molecule has 17 heavy (non-hydrogen) atoms. The highest BCUT2D eigenvalue weighted by molar-refractivity contribution is 5.82. The normalized spacial score (nSPS) is 24.3. The molecule has 0 aromatic carbocycles. The maximum absolute atomic E-state index is 11.8. The lowest BCUT2D eigenvalue weighted by molar-refractivity contribution is -0.137. The Balaban J connectivity index is 2.40. The van der Waals surface area contributed by atoms with Crippen LogP contribution in [-0.2, 0) is 9.59 Å². The molecular formula is C12H22N2O3. The standard InChI is InChI=1S/C12H22N2O3/c1-12(2)7-3-4-9(12)14-11(17)8(13)5-6-10(15)16/h8-9H,3-7,13H2,1-2H3,(H,14,17)(H,15,16). The molecule has 1 fully saturated rings. The van der Waals surface area contributed by atoms with Crippen LogP contribution in [0.3, 0.4) is 0 Å². The molecule has 0 bridgehead atoms. The molecule has 0 radical (unpaired) electrons. The molecule has 1 aliphatic rings. The summed E-state index contributed by atoms with van der Waals surface area (Å²) in [5, 5.41) is 11.5. The monoisotopic (exact) mass is 242 g/mol. The van der Waals surface area contributed by atoms with Gasteiger partial charge in [0.2, 0.25) is 5.91 Å². The molecule has 0 spiro atoms. The molecule has 1 aliphatic carbocycles. The first-order valence-electron chi connectivity index (χ1n) is 6.10. The van der Waals surface area contributed by atoms with Gasteiger partial charge in [0, 0.05) is 12.5 Å². The zero-order valence-corrected chi connectivity index (χ0v) is 10.5. The van der Waals surface area contributed by atoms with E-state index in [4.69, 9.17) is 10.8 Å². The van der Waals surface area contributed by atoms with Crippen LogP contribution in [0.25, 0.3) is 0 Å². The summed E-state index contributed by atoms with van der Waals surface area (Å²) in [6, 6.07) is -0.562. The van der Waals surface area contributed by atoms with Gasteiger partial charge in [0.25, 0.3) is 0 Å². The molecule has 0 aromatic rings. The van der Waals surface area contributed by atoms with E-state index in [2.05, 4.69) is 19.2 Å². The molecule has 2 unspecified atom stereocenters. The second kappa shape index (κ2) is 5.49. The number of nitrogens with one attached hydrogen (secondary N) is 1. The van der Waals surface area contributed by atoms with Crippen LogP contribution in [0.4, 0.5) is 0 Å². The van der Waals surface area contributed by atoms with Crippen molar-refractivity contribution in [2.75, 3.05) is 0 Å². The Kier molecular flexibility index (Phi) is 4.51. The van der Waals surface area contributed by atoms with Crippen molar-refractivity contribution < 1.29 is 14.7 Å². The highest BCUT2D eigenvalue weighted by atomic mass is 16.4. The van der Waals surface area contributed by atoms with E-state index in [1.165, 1.54) is 0 Å². The SMILES string of the molecule is CC1(C)CCCC1NC(=O)C(N)CCC(=O)O. The van der Waals surface area contributed by atoms with Crippen molar-refractivity contribution >= 4 is 11.9 Å². The van der Waals surface area contributed by atoms with Gasteiger partial charge in [-0.3, -0.25) is 9.59 Å². The Morgan fingerprint density at radius 1 is 1.53 bits per heavy atom. The molecule has 4 N–H and O–H groups in total. The second-order valence-electron chi connectivity index (χ2n) is 5.48. The first-order chi connectivity index (χ1) is 7.83. The highest BCUT2D eigenvalue weighted by Crippen LogP contribution is 2.37. The smallest absolute Gasteiger partial charge is 0.303 e. The van der Waals surface area contributed by atoms with Crippen LogP contribution in [0.2, 0.25) is 0 Å². The van der Waals surface area contributed by atoms with Crippen molar-refractivity contribution in [3.8, 4) is 0 Å². The maximum Gasteiger partial charge on any atom is 0.303 e. The largest absolute Gasteiger partial charge is 0.481 e. The number of carboxylic acids is 1. The van der Waals surface area contributed by atoms with Gasteiger partial charge < -0.3 is 16.2 Å². The van der Waals surface area contributed by atoms with E-state index in [0.29, 0.717) is 0 Å². The van der Waals surface area contributed by atoms with Crippen molar-refractivity contribution in [1.82, 2.24) is 5.32 Å². The topological polar surface area (TPSA) is 92.4 Å². The third-order valence-corrected chi connectivity index (χ3v) is 3.58. The zero-order valence-electron chi connectivity index (χ0n) is 10.5. The molecule has 1 saturated carbocycles. The summed E-state index contributed by atoms with van der Waals surface area (Å²) in [6.45, 7) is 4.27. The lowest BCUT2D eigenvalue weighted by atomic mass is 9.87. The minimum atomic E-state index is -0.922. The lowest BCUT2D eigenvalue weighted by Gasteiger charge is -2.28. The predicted octanol–water partition coefficient (Wildman–Crippen LogP) is 0.873. The van der Waals surface area contributed by atoms with Crippen LogP contribution in [0.5, 0.6) is 0 Å². The fraction of sp³-hybridized carbons (Fsp3) is 0.833. The van der Waals surface area contributed by atoms with Gasteiger partial charge in [0.15, 0.2) is 0 Å². The minimum absolute atomic E-state index is 0.0668. The molecule has 0 aliphatic heterocycles. The molecule has 1 amide bonds. The number of aliphatic carboxylic acids is 1. The Hall–Kier alpha value is -1.10. The number of carboxylic acid groups (broad SMARTS) is 1. The third-order valence-electron chi connectivity index (χ3n) is 3.58. The van der Waals surface area contributed by atoms with Crippen LogP contribution in [-0.4, -0.2) is 29.1 Å². The van der Waals surface area contributed by atoms with E-state index < -0.39 is 12.0 Å². The summed E-state index contributed by atoms with van der Waals surface area (Å²) in [7, 11) is 0. The molecule has 2 atom stereocenters. The Morgan fingerprint density at radius 2 is 2.18 bits per heavy atom. The number of carbonyl (C=O) groups is 2. The minimum Gasteiger partial charge on any atom is -0.481 e. The Labute approximate surface area is 102 Å². The molecular weight excluding hydrogens is 220 g/mol. The van der Waals surface area contributed by atoms with E-state index in [9.17, 15) is 9.59 Å². The summed E-state index contributed by atoms with van der Waals surface area (Å²) in [4.78, 5) is 22.2. The van der Waals surface area contributed by atoms with Gasteiger partial charge in [-0.25, -0.2) is 0 Å². The van der Waals surface area contributed by atoms with E-state index >= 15 is 0 Å². The first-order valence-corrected chi connectivity index (χ1v) is 6.10. The van der Waals surface area contributed by atoms with E-state index in [1.807, 2.05) is 0 Å². The molecule has 98 valence electrons. The number of nitrogens with two attached hydrogens (primary N) is 1. The molecule has 1 rings (SSSR count). The van der Waals surface area contributed by atoms with Crippen LogP contribution in [0, 0.1) is 5.41 Å². The molecule has 0 heterocycles. The van der Waals surface area contributed by atoms with Crippen molar-refractivity contribution in [2.24, 2.45) is 11.1 Å².